The van der Waals surface area contributed by atoms with Crippen LogP contribution in [0.4, 0.5) is 4.39 Å². The summed E-state index contributed by atoms with van der Waals surface area (Å²) in [7, 11) is 1.43. The van der Waals surface area contributed by atoms with Gasteiger partial charge in [-0.25, -0.2) is 4.39 Å². The third kappa shape index (κ3) is 4.90. The molecular weight excluding hydrogens is 379 g/mol. The van der Waals surface area contributed by atoms with E-state index >= 15 is 0 Å². The van der Waals surface area contributed by atoms with Crippen LogP contribution in [0.2, 0.25) is 0 Å². The zero-order chi connectivity index (χ0) is 20.1. The Balaban J connectivity index is 1.65. The zero-order valence-electron chi connectivity index (χ0n) is 16.1. The maximum Gasteiger partial charge on any atom is 0.220 e. The largest absolute Gasteiger partial charge is 0.494 e. The van der Waals surface area contributed by atoms with Crippen molar-refractivity contribution in [1.82, 2.24) is 10.6 Å². The van der Waals surface area contributed by atoms with E-state index in [2.05, 4.69) is 10.6 Å². The summed E-state index contributed by atoms with van der Waals surface area (Å²) < 4.78 is 18.7. The van der Waals surface area contributed by atoms with Crippen molar-refractivity contribution in [2.75, 3.05) is 7.11 Å². The second-order valence-corrected chi connectivity index (χ2v) is 8.26. The van der Waals surface area contributed by atoms with Gasteiger partial charge in [-0.1, -0.05) is 12.1 Å². The highest BCUT2D eigenvalue weighted by atomic mass is 32.1. The third-order valence-corrected chi connectivity index (χ3v) is 6.23. The van der Waals surface area contributed by atoms with Crippen LogP contribution in [-0.2, 0) is 16.0 Å². The Morgan fingerprint density at radius 2 is 2.25 bits per heavy atom. The fraction of sp³-hybridized carbons (Fsp3) is 0.429. The van der Waals surface area contributed by atoms with Crippen LogP contribution in [0.1, 0.15) is 49.1 Å². The number of rotatable bonds is 8. The summed E-state index contributed by atoms with van der Waals surface area (Å²) in [5.41, 5.74) is 0.372. The van der Waals surface area contributed by atoms with Crippen molar-refractivity contribution in [3.05, 3.63) is 52.0 Å². The number of hydrogen-bond acceptors (Lipinski definition) is 4. The van der Waals surface area contributed by atoms with Gasteiger partial charge in [0.05, 0.1) is 13.2 Å². The van der Waals surface area contributed by atoms with Crippen LogP contribution >= 0.6 is 11.3 Å². The minimum atomic E-state index is -0.497. The van der Waals surface area contributed by atoms with Gasteiger partial charge in [0.15, 0.2) is 11.6 Å². The van der Waals surface area contributed by atoms with E-state index in [1.54, 1.807) is 23.5 Å². The SMILES string of the molecule is COc1cc(CC2(CCC(=O)NC(C)c3cccs3)CCC(=O)N2)ccc1F. The number of hydrogen-bond donors (Lipinski definition) is 2. The van der Waals surface area contributed by atoms with Gasteiger partial charge < -0.3 is 15.4 Å². The standard InChI is InChI=1S/C21H25FN2O3S/c1-14(18-4-3-11-28-18)23-19(25)7-9-21(10-8-20(26)24-21)13-15-5-6-16(22)17(12-15)27-2/h3-6,11-12,14H,7-10,13H2,1-2H3,(H,23,25)(H,24,26). The molecule has 2 N–H and O–H groups in total. The minimum absolute atomic E-state index is 0.0126. The number of nitrogens with one attached hydrogen (secondary N) is 2. The fourth-order valence-electron chi connectivity index (χ4n) is 3.66. The molecule has 2 unspecified atom stereocenters. The minimum Gasteiger partial charge on any atom is -0.494 e. The lowest BCUT2D eigenvalue weighted by atomic mass is 9.85. The lowest BCUT2D eigenvalue weighted by molar-refractivity contribution is -0.123. The number of methoxy groups -OCH3 is 1. The summed E-state index contributed by atoms with van der Waals surface area (Å²) in [5, 5.41) is 8.05. The third-order valence-electron chi connectivity index (χ3n) is 5.17. The summed E-state index contributed by atoms with van der Waals surface area (Å²) in [6.07, 6.45) is 2.46. The smallest absolute Gasteiger partial charge is 0.220 e. The van der Waals surface area contributed by atoms with Gasteiger partial charge in [0, 0.05) is 23.3 Å². The molecule has 1 fully saturated rings. The highest BCUT2D eigenvalue weighted by molar-refractivity contribution is 7.10. The Morgan fingerprint density at radius 3 is 2.89 bits per heavy atom. The van der Waals surface area contributed by atoms with Crippen molar-refractivity contribution in [2.45, 2.75) is 50.6 Å². The van der Waals surface area contributed by atoms with Crippen LogP contribution in [-0.4, -0.2) is 24.5 Å². The van der Waals surface area contributed by atoms with Crippen molar-refractivity contribution in [3.8, 4) is 5.75 Å². The molecule has 1 aromatic heterocycles. The molecule has 2 aromatic rings. The molecule has 1 saturated heterocycles. The van der Waals surface area contributed by atoms with Gasteiger partial charge in [0.2, 0.25) is 11.8 Å². The van der Waals surface area contributed by atoms with Crippen LogP contribution in [0.15, 0.2) is 35.7 Å². The average Bonchev–Trinajstić information content (AvgIpc) is 3.32. The quantitative estimate of drug-likeness (QED) is 0.704. The molecule has 0 saturated carbocycles. The predicted molar refractivity (Wildman–Crippen MR) is 107 cm³/mol. The van der Waals surface area contributed by atoms with Gasteiger partial charge in [0.25, 0.3) is 0 Å². The number of carbonyl (C=O) groups excluding carboxylic acids is 2. The van der Waals surface area contributed by atoms with E-state index in [1.165, 1.54) is 13.2 Å². The first kappa shape index (κ1) is 20.3. The lowest BCUT2D eigenvalue weighted by Gasteiger charge is -2.29. The molecule has 5 nitrogen and oxygen atoms in total. The van der Waals surface area contributed by atoms with Gasteiger partial charge in [-0.05, 0) is 55.3 Å². The molecule has 1 aromatic carbocycles. The normalized spacial score (nSPS) is 19.9. The molecule has 0 spiro atoms. The van der Waals surface area contributed by atoms with Crippen LogP contribution in [0.3, 0.4) is 0 Å². The van der Waals surface area contributed by atoms with Crippen LogP contribution < -0.4 is 15.4 Å². The molecule has 0 bridgehead atoms. The molecule has 1 aliphatic heterocycles. The first-order chi connectivity index (χ1) is 13.4. The van der Waals surface area contributed by atoms with Gasteiger partial charge >= 0.3 is 0 Å². The Hall–Kier alpha value is -2.41. The monoisotopic (exact) mass is 404 g/mol. The number of ether oxygens (including phenoxy) is 1. The van der Waals surface area contributed by atoms with Gasteiger partial charge in [-0.3, -0.25) is 9.59 Å². The molecule has 2 heterocycles. The maximum atomic E-state index is 13.7. The van der Waals surface area contributed by atoms with Crippen molar-refractivity contribution >= 4 is 23.2 Å². The summed E-state index contributed by atoms with van der Waals surface area (Å²) in [6, 6.07) is 8.64. The number of halogens is 1. The van der Waals surface area contributed by atoms with Gasteiger partial charge in [0.1, 0.15) is 0 Å². The van der Waals surface area contributed by atoms with E-state index < -0.39 is 11.4 Å². The molecule has 3 rings (SSSR count). The molecule has 0 radical (unpaired) electrons. The topological polar surface area (TPSA) is 67.4 Å². The summed E-state index contributed by atoms with van der Waals surface area (Å²) in [4.78, 5) is 25.5. The first-order valence-corrected chi connectivity index (χ1v) is 10.2. The lowest BCUT2D eigenvalue weighted by Crippen LogP contribution is -2.44. The molecule has 0 aliphatic carbocycles. The zero-order valence-corrected chi connectivity index (χ0v) is 16.9. The molecule has 2 atom stereocenters. The fourth-order valence-corrected chi connectivity index (χ4v) is 4.40. The van der Waals surface area contributed by atoms with Crippen LogP contribution in [0, 0.1) is 5.82 Å². The number of carbonyl (C=O) groups is 2. The Kier molecular flexibility index (Phi) is 6.34. The Bertz CT molecular complexity index is 840. The van der Waals surface area contributed by atoms with Gasteiger partial charge in [-0.2, -0.15) is 0 Å². The molecule has 7 heteroatoms. The van der Waals surface area contributed by atoms with E-state index in [4.69, 9.17) is 4.74 Å². The van der Waals surface area contributed by atoms with Crippen molar-refractivity contribution < 1.29 is 18.7 Å². The highest BCUT2D eigenvalue weighted by Gasteiger charge is 2.38. The van der Waals surface area contributed by atoms with E-state index in [9.17, 15) is 14.0 Å². The molecule has 2 amide bonds. The molecule has 28 heavy (non-hydrogen) atoms. The average molecular weight is 405 g/mol. The number of thiophene rings is 1. The van der Waals surface area contributed by atoms with Crippen molar-refractivity contribution in [2.24, 2.45) is 0 Å². The predicted octanol–water partition coefficient (Wildman–Crippen LogP) is 3.74. The van der Waals surface area contributed by atoms with Crippen molar-refractivity contribution in [3.63, 3.8) is 0 Å². The highest BCUT2D eigenvalue weighted by Crippen LogP contribution is 2.31. The number of amides is 2. The summed E-state index contributed by atoms with van der Waals surface area (Å²) in [5.74, 6) is -0.295. The molecular formula is C21H25FN2O3S. The summed E-state index contributed by atoms with van der Waals surface area (Å²) in [6.45, 7) is 1.96. The number of benzene rings is 1. The second-order valence-electron chi connectivity index (χ2n) is 7.28. The Labute approximate surface area is 168 Å². The van der Waals surface area contributed by atoms with Gasteiger partial charge in [-0.15, -0.1) is 11.3 Å². The molecule has 150 valence electrons. The van der Waals surface area contributed by atoms with E-state index in [0.29, 0.717) is 32.1 Å². The first-order valence-electron chi connectivity index (χ1n) is 9.37. The molecule has 1 aliphatic rings. The van der Waals surface area contributed by atoms with E-state index in [0.717, 1.165) is 10.4 Å². The van der Waals surface area contributed by atoms with E-state index in [1.807, 2.05) is 24.4 Å². The second kappa shape index (κ2) is 8.73. The van der Waals surface area contributed by atoms with Crippen molar-refractivity contribution in [1.29, 1.82) is 0 Å². The van der Waals surface area contributed by atoms with Crippen LogP contribution in [0.5, 0.6) is 5.75 Å². The summed E-state index contributed by atoms with van der Waals surface area (Å²) >= 11 is 1.61. The Morgan fingerprint density at radius 1 is 1.43 bits per heavy atom. The van der Waals surface area contributed by atoms with E-state index in [-0.39, 0.29) is 23.6 Å². The van der Waals surface area contributed by atoms with Crippen LogP contribution in [0.25, 0.3) is 0 Å². The maximum absolute atomic E-state index is 13.7.